The summed E-state index contributed by atoms with van der Waals surface area (Å²) in [7, 11) is 0. The van der Waals surface area contributed by atoms with E-state index in [4.69, 9.17) is 22.1 Å². The summed E-state index contributed by atoms with van der Waals surface area (Å²) in [5.74, 6) is 0.884. The third-order valence-electron chi connectivity index (χ3n) is 2.60. The summed E-state index contributed by atoms with van der Waals surface area (Å²) in [5, 5.41) is 24.3. The average Bonchev–Trinajstić information content (AvgIpc) is 2.50. The summed E-state index contributed by atoms with van der Waals surface area (Å²) >= 11 is 6.05. The van der Waals surface area contributed by atoms with E-state index in [0.29, 0.717) is 40.1 Å². The normalized spacial score (nSPS) is 9.52. The first-order valence-corrected chi connectivity index (χ1v) is 6.53. The number of nitrogens with one attached hydrogen (secondary N) is 2. The van der Waals surface area contributed by atoms with Crippen molar-refractivity contribution in [1.29, 1.82) is 10.5 Å². The van der Waals surface area contributed by atoms with Crippen LogP contribution in [0, 0.1) is 22.7 Å². The number of rotatable bonds is 4. The number of anilines is 3. The van der Waals surface area contributed by atoms with E-state index in [1.165, 1.54) is 6.20 Å². The SMILES string of the molecule is CCNc1ncc(Cl)c(Nc2ccc(C#N)c(C#N)c2)n1. The molecule has 21 heavy (non-hydrogen) atoms. The van der Waals surface area contributed by atoms with Gasteiger partial charge in [0.05, 0.1) is 17.3 Å². The minimum absolute atomic E-state index is 0.291. The largest absolute Gasteiger partial charge is 0.354 e. The van der Waals surface area contributed by atoms with Gasteiger partial charge in [-0.3, -0.25) is 0 Å². The number of benzene rings is 1. The summed E-state index contributed by atoms with van der Waals surface area (Å²) in [5.41, 5.74) is 1.23. The summed E-state index contributed by atoms with van der Waals surface area (Å²) in [6.07, 6.45) is 1.49. The molecule has 0 fully saturated rings. The van der Waals surface area contributed by atoms with E-state index >= 15 is 0 Å². The highest BCUT2D eigenvalue weighted by atomic mass is 35.5. The second kappa shape index (κ2) is 6.56. The Kier molecular flexibility index (Phi) is 4.55. The molecule has 1 aromatic carbocycles. The zero-order chi connectivity index (χ0) is 15.2. The molecule has 0 aliphatic rings. The van der Waals surface area contributed by atoms with Crippen LogP contribution in [0.15, 0.2) is 24.4 Å². The Morgan fingerprint density at radius 1 is 1.24 bits per heavy atom. The Labute approximate surface area is 127 Å². The van der Waals surface area contributed by atoms with Crippen molar-refractivity contribution in [2.24, 2.45) is 0 Å². The molecule has 0 saturated carbocycles. The van der Waals surface area contributed by atoms with Crippen LogP contribution in [0.25, 0.3) is 0 Å². The lowest BCUT2D eigenvalue weighted by Crippen LogP contribution is -2.04. The Bertz CT molecular complexity index is 744. The Hall–Kier alpha value is -2.83. The van der Waals surface area contributed by atoms with E-state index in [9.17, 15) is 0 Å². The van der Waals surface area contributed by atoms with Crippen LogP contribution < -0.4 is 10.6 Å². The van der Waals surface area contributed by atoms with Crippen molar-refractivity contribution in [3.63, 3.8) is 0 Å². The Morgan fingerprint density at radius 2 is 2.00 bits per heavy atom. The molecule has 0 radical (unpaired) electrons. The van der Waals surface area contributed by atoms with Gasteiger partial charge in [-0.2, -0.15) is 15.5 Å². The number of aromatic nitrogens is 2. The fraction of sp³-hybridized carbons (Fsp3) is 0.143. The molecule has 0 spiro atoms. The maximum Gasteiger partial charge on any atom is 0.224 e. The molecule has 0 atom stereocenters. The van der Waals surface area contributed by atoms with Crippen molar-refractivity contribution in [2.75, 3.05) is 17.2 Å². The molecule has 104 valence electrons. The number of nitrogens with zero attached hydrogens (tertiary/aromatic N) is 4. The highest BCUT2D eigenvalue weighted by Crippen LogP contribution is 2.24. The van der Waals surface area contributed by atoms with Gasteiger partial charge in [0, 0.05) is 12.2 Å². The highest BCUT2D eigenvalue weighted by Gasteiger charge is 2.08. The summed E-state index contributed by atoms with van der Waals surface area (Å²) < 4.78 is 0. The van der Waals surface area contributed by atoms with E-state index < -0.39 is 0 Å². The zero-order valence-corrected chi connectivity index (χ0v) is 11.9. The molecule has 7 heteroatoms. The van der Waals surface area contributed by atoms with Crippen molar-refractivity contribution in [1.82, 2.24) is 9.97 Å². The maximum absolute atomic E-state index is 9.02. The monoisotopic (exact) mass is 298 g/mol. The minimum Gasteiger partial charge on any atom is -0.354 e. The third-order valence-corrected chi connectivity index (χ3v) is 2.88. The molecule has 0 unspecified atom stereocenters. The first-order chi connectivity index (χ1) is 10.2. The van der Waals surface area contributed by atoms with E-state index in [2.05, 4.69) is 20.6 Å². The summed E-state index contributed by atoms with van der Waals surface area (Å²) in [6.45, 7) is 2.63. The molecular weight excluding hydrogens is 288 g/mol. The van der Waals surface area contributed by atoms with Gasteiger partial charge in [-0.05, 0) is 25.1 Å². The van der Waals surface area contributed by atoms with E-state index in [1.807, 2.05) is 19.1 Å². The van der Waals surface area contributed by atoms with Gasteiger partial charge in [0.15, 0.2) is 5.82 Å². The number of hydrogen-bond donors (Lipinski definition) is 2. The molecule has 1 heterocycles. The van der Waals surface area contributed by atoms with Gasteiger partial charge >= 0.3 is 0 Å². The smallest absolute Gasteiger partial charge is 0.224 e. The molecule has 2 N–H and O–H groups in total. The van der Waals surface area contributed by atoms with Gasteiger partial charge < -0.3 is 10.6 Å². The summed E-state index contributed by atoms with van der Waals surface area (Å²) in [4.78, 5) is 8.28. The van der Waals surface area contributed by atoms with E-state index in [0.717, 1.165) is 0 Å². The third kappa shape index (κ3) is 3.38. The molecule has 0 saturated heterocycles. The molecule has 0 aliphatic carbocycles. The predicted octanol–water partition coefficient (Wildman–Crippen LogP) is 3.05. The van der Waals surface area contributed by atoms with Crippen molar-refractivity contribution >= 4 is 29.1 Å². The minimum atomic E-state index is 0.291. The number of halogens is 1. The van der Waals surface area contributed by atoms with Crippen LogP contribution in [-0.4, -0.2) is 16.5 Å². The van der Waals surface area contributed by atoms with Crippen LogP contribution in [0.5, 0.6) is 0 Å². The highest BCUT2D eigenvalue weighted by molar-refractivity contribution is 6.32. The average molecular weight is 299 g/mol. The van der Waals surface area contributed by atoms with E-state index in [1.54, 1.807) is 18.2 Å². The molecular formula is C14H11ClN6. The summed E-state index contributed by atoms with van der Waals surface area (Å²) in [6, 6.07) is 8.77. The van der Waals surface area contributed by atoms with Crippen LogP contribution in [0.3, 0.4) is 0 Å². The molecule has 0 amide bonds. The number of nitriles is 2. The molecule has 0 aliphatic heterocycles. The molecule has 1 aromatic heterocycles. The van der Waals surface area contributed by atoms with E-state index in [-0.39, 0.29) is 0 Å². The van der Waals surface area contributed by atoms with Crippen molar-refractivity contribution in [3.05, 3.63) is 40.5 Å². The first-order valence-electron chi connectivity index (χ1n) is 6.15. The second-order valence-electron chi connectivity index (χ2n) is 4.03. The predicted molar refractivity (Wildman–Crippen MR) is 80.4 cm³/mol. The molecule has 6 nitrogen and oxygen atoms in total. The quantitative estimate of drug-likeness (QED) is 0.900. The van der Waals surface area contributed by atoms with Gasteiger partial charge in [0.25, 0.3) is 0 Å². The van der Waals surface area contributed by atoms with Crippen LogP contribution in [0.4, 0.5) is 17.5 Å². The molecule has 2 rings (SSSR count). The molecule has 2 aromatic rings. The first kappa shape index (κ1) is 14.6. The van der Waals surface area contributed by atoms with Gasteiger partial charge in [-0.25, -0.2) is 4.98 Å². The Balaban J connectivity index is 2.32. The van der Waals surface area contributed by atoms with Crippen molar-refractivity contribution in [3.8, 4) is 12.1 Å². The second-order valence-corrected chi connectivity index (χ2v) is 4.44. The standard InChI is InChI=1S/C14H11ClN6/c1-2-18-14-19-8-12(15)13(21-14)20-11-4-3-9(6-16)10(5-11)7-17/h3-5,8H,2H2,1H3,(H2,18,19,20,21). The zero-order valence-electron chi connectivity index (χ0n) is 11.2. The van der Waals surface area contributed by atoms with Gasteiger partial charge in [-0.1, -0.05) is 11.6 Å². The topological polar surface area (TPSA) is 97.4 Å². The van der Waals surface area contributed by atoms with Crippen LogP contribution in [0.2, 0.25) is 5.02 Å². The Morgan fingerprint density at radius 3 is 2.67 bits per heavy atom. The maximum atomic E-state index is 9.02. The lowest BCUT2D eigenvalue weighted by molar-refractivity contribution is 1.09. The van der Waals surface area contributed by atoms with Crippen LogP contribution in [-0.2, 0) is 0 Å². The molecule has 0 bridgehead atoms. The van der Waals surface area contributed by atoms with Crippen molar-refractivity contribution in [2.45, 2.75) is 6.92 Å². The van der Waals surface area contributed by atoms with Crippen molar-refractivity contribution < 1.29 is 0 Å². The number of hydrogen-bond acceptors (Lipinski definition) is 6. The van der Waals surface area contributed by atoms with Gasteiger partial charge in [-0.15, -0.1) is 0 Å². The van der Waals surface area contributed by atoms with Gasteiger partial charge in [0.2, 0.25) is 5.95 Å². The lowest BCUT2D eigenvalue weighted by atomic mass is 10.1. The van der Waals surface area contributed by atoms with Crippen LogP contribution in [0.1, 0.15) is 18.1 Å². The van der Waals surface area contributed by atoms with Gasteiger partial charge in [0.1, 0.15) is 17.2 Å². The lowest BCUT2D eigenvalue weighted by Gasteiger charge is -2.09. The fourth-order valence-electron chi connectivity index (χ4n) is 1.65. The fourth-order valence-corrected chi connectivity index (χ4v) is 1.79. The van der Waals surface area contributed by atoms with Crippen LogP contribution >= 0.6 is 11.6 Å².